The fourth-order valence-corrected chi connectivity index (χ4v) is 8.91. The molecule has 1 aliphatic rings. The minimum Gasteiger partial charge on any atom is -0.462 e. The Kier molecular flexibility index (Phi) is 36.2. The van der Waals surface area contributed by atoms with E-state index in [1.165, 1.54) is 154 Å². The third-order valence-electron chi connectivity index (χ3n) is 11.9. The largest absolute Gasteiger partial charge is 0.472 e. The third-order valence-corrected chi connectivity index (χ3v) is 12.9. The van der Waals surface area contributed by atoms with Crippen LogP contribution in [0.4, 0.5) is 0 Å². The third kappa shape index (κ3) is 30.6. The van der Waals surface area contributed by atoms with Gasteiger partial charge in [0.25, 0.3) is 0 Å². The summed E-state index contributed by atoms with van der Waals surface area (Å²) >= 11 is 0. The summed E-state index contributed by atoms with van der Waals surface area (Å²) in [5.74, 6) is -1.09. The van der Waals surface area contributed by atoms with Gasteiger partial charge in [-0.3, -0.25) is 18.6 Å². The smallest absolute Gasteiger partial charge is 0.462 e. The van der Waals surface area contributed by atoms with E-state index >= 15 is 0 Å². The second-order valence-corrected chi connectivity index (χ2v) is 19.1. The number of aliphatic hydroxyl groups excluding tert-OH is 5. The van der Waals surface area contributed by atoms with Crippen LogP contribution in [-0.4, -0.2) is 98.3 Å². The van der Waals surface area contributed by atoms with Crippen molar-refractivity contribution in [1.29, 1.82) is 0 Å². The van der Waals surface area contributed by atoms with Gasteiger partial charge in [0.05, 0.1) is 6.61 Å². The molecule has 0 amide bonds. The van der Waals surface area contributed by atoms with Crippen molar-refractivity contribution in [2.75, 3.05) is 13.2 Å². The molecule has 0 aromatic heterocycles. The number of hydrogen-bond acceptors (Lipinski definition) is 12. The molecule has 0 radical (unpaired) electrons. The van der Waals surface area contributed by atoms with Gasteiger partial charge in [0.2, 0.25) is 0 Å². The van der Waals surface area contributed by atoms with Crippen molar-refractivity contribution < 1.29 is 63.1 Å². The van der Waals surface area contributed by atoms with Gasteiger partial charge in [0.15, 0.2) is 6.10 Å². The number of rotatable bonds is 42. The van der Waals surface area contributed by atoms with Crippen molar-refractivity contribution in [3.05, 3.63) is 0 Å². The molecule has 6 N–H and O–H groups in total. The molecule has 1 aliphatic carbocycles. The second kappa shape index (κ2) is 38.2. The summed E-state index contributed by atoms with van der Waals surface area (Å²) in [6.45, 7) is 3.30. The number of carbonyl (C=O) groups excluding carboxylic acids is 2. The van der Waals surface area contributed by atoms with E-state index in [-0.39, 0.29) is 12.8 Å². The van der Waals surface area contributed by atoms with Crippen LogP contribution in [0.3, 0.4) is 0 Å². The summed E-state index contributed by atoms with van der Waals surface area (Å²) in [7, 11) is -5.11. The van der Waals surface area contributed by atoms with Gasteiger partial charge in [-0.1, -0.05) is 206 Å². The van der Waals surface area contributed by atoms with E-state index in [0.29, 0.717) is 12.8 Å². The molecule has 0 heterocycles. The normalized spacial score (nSPS) is 21.9. The Balaban J connectivity index is 2.31. The lowest BCUT2D eigenvalue weighted by Gasteiger charge is -2.41. The Hall–Kier alpha value is -1.15. The van der Waals surface area contributed by atoms with Crippen LogP contribution in [-0.2, 0) is 32.7 Å². The minimum absolute atomic E-state index is 0.105. The summed E-state index contributed by atoms with van der Waals surface area (Å²) in [5, 5.41) is 50.1. The fraction of sp³-hybridized carbons (Fsp3) is 0.957. The van der Waals surface area contributed by atoms with Gasteiger partial charge in [-0.2, -0.15) is 0 Å². The number of phosphoric ester groups is 1. The Morgan fingerprint density at radius 3 is 1.08 bits per heavy atom. The summed E-state index contributed by atoms with van der Waals surface area (Å²) in [4.78, 5) is 35.6. The lowest BCUT2D eigenvalue weighted by atomic mass is 9.85. The first-order chi connectivity index (χ1) is 29.4. The maximum Gasteiger partial charge on any atom is 0.472 e. The standard InChI is InChI=1S/C47H91O13P/c1-3-5-7-9-11-13-14-15-16-17-18-19-20-21-22-23-24-25-26-28-30-32-34-36-41(49)59-39(37-57-40(48)35-33-31-29-27-12-10-8-6-4-2)38-58-61(55,56)60-47-45(53)43(51)42(50)44(52)46(47)54/h39,42-47,50-54H,3-38H2,1-2H3,(H,55,56)/t39-,42?,43+,44?,45?,46?,47?/m1/s1. The number of ether oxygens (including phenoxy) is 2. The van der Waals surface area contributed by atoms with Crippen LogP contribution in [0.15, 0.2) is 0 Å². The number of phosphoric acid groups is 1. The fourth-order valence-electron chi connectivity index (χ4n) is 7.94. The van der Waals surface area contributed by atoms with Gasteiger partial charge in [0.1, 0.15) is 43.2 Å². The van der Waals surface area contributed by atoms with Crippen molar-refractivity contribution in [1.82, 2.24) is 0 Å². The zero-order valence-corrected chi connectivity index (χ0v) is 39.4. The number of aliphatic hydroxyl groups is 5. The number of esters is 2. The zero-order chi connectivity index (χ0) is 45.0. The summed E-state index contributed by atoms with van der Waals surface area (Å²) < 4.78 is 33.5. The molecule has 0 aromatic rings. The van der Waals surface area contributed by atoms with Crippen LogP contribution in [0.25, 0.3) is 0 Å². The van der Waals surface area contributed by atoms with Gasteiger partial charge in [-0.05, 0) is 12.8 Å². The van der Waals surface area contributed by atoms with Crippen molar-refractivity contribution in [2.24, 2.45) is 0 Å². The highest BCUT2D eigenvalue weighted by molar-refractivity contribution is 7.47. The van der Waals surface area contributed by atoms with Crippen LogP contribution >= 0.6 is 7.82 Å². The Morgan fingerprint density at radius 1 is 0.443 bits per heavy atom. The average molecular weight is 895 g/mol. The zero-order valence-electron chi connectivity index (χ0n) is 38.5. The van der Waals surface area contributed by atoms with Crippen molar-refractivity contribution in [3.8, 4) is 0 Å². The molecule has 1 fully saturated rings. The molecule has 1 saturated carbocycles. The van der Waals surface area contributed by atoms with Gasteiger partial charge in [0, 0.05) is 12.8 Å². The first-order valence-electron chi connectivity index (χ1n) is 24.8. The van der Waals surface area contributed by atoms with E-state index in [0.717, 1.165) is 38.5 Å². The summed E-state index contributed by atoms with van der Waals surface area (Å²) in [5.41, 5.74) is 0. The second-order valence-electron chi connectivity index (χ2n) is 17.7. The topological polar surface area (TPSA) is 210 Å². The molecule has 0 saturated heterocycles. The van der Waals surface area contributed by atoms with E-state index in [2.05, 4.69) is 13.8 Å². The van der Waals surface area contributed by atoms with Gasteiger partial charge >= 0.3 is 19.8 Å². The molecular formula is C47H91O13P. The lowest BCUT2D eigenvalue weighted by molar-refractivity contribution is -0.220. The first kappa shape index (κ1) is 57.9. The molecule has 1 rings (SSSR count). The number of carbonyl (C=O) groups is 2. The highest BCUT2D eigenvalue weighted by atomic mass is 31.2. The maximum atomic E-state index is 12.8. The average Bonchev–Trinajstić information content (AvgIpc) is 3.24. The van der Waals surface area contributed by atoms with E-state index < -0.39 is 75.7 Å². The number of hydrogen-bond donors (Lipinski definition) is 6. The Labute approximate surface area is 370 Å². The summed E-state index contributed by atoms with van der Waals surface area (Å²) in [6, 6.07) is 0. The van der Waals surface area contributed by atoms with Crippen LogP contribution in [0.5, 0.6) is 0 Å². The molecular weight excluding hydrogens is 803 g/mol. The molecule has 362 valence electrons. The molecule has 0 bridgehead atoms. The predicted molar refractivity (Wildman–Crippen MR) is 240 cm³/mol. The summed E-state index contributed by atoms with van der Waals surface area (Å²) in [6.07, 6.45) is 26.1. The van der Waals surface area contributed by atoms with E-state index in [9.17, 15) is 44.6 Å². The minimum atomic E-state index is -5.11. The van der Waals surface area contributed by atoms with Crippen molar-refractivity contribution in [3.63, 3.8) is 0 Å². The highest BCUT2D eigenvalue weighted by Crippen LogP contribution is 2.47. The van der Waals surface area contributed by atoms with Gasteiger partial charge in [-0.25, -0.2) is 4.57 Å². The van der Waals surface area contributed by atoms with E-state index in [4.69, 9.17) is 18.5 Å². The van der Waals surface area contributed by atoms with Crippen molar-refractivity contribution >= 4 is 19.8 Å². The molecule has 6 unspecified atom stereocenters. The SMILES string of the molecule is CCCCCCCCCCCCCCCCCCCCCCCCCC(=O)O[C@H](COC(=O)CCCCCCCCCCC)COP(=O)(O)OC1C(O)C(O)C(O)[C@H](O)C1O. The Morgan fingerprint density at radius 2 is 0.738 bits per heavy atom. The molecule has 8 atom stereocenters. The maximum absolute atomic E-state index is 12.8. The van der Waals surface area contributed by atoms with Crippen LogP contribution in [0.1, 0.15) is 232 Å². The van der Waals surface area contributed by atoms with Gasteiger partial charge < -0.3 is 39.9 Å². The lowest BCUT2D eigenvalue weighted by Crippen LogP contribution is -2.64. The number of unbranched alkanes of at least 4 members (excludes halogenated alkanes) is 30. The first-order valence-corrected chi connectivity index (χ1v) is 26.3. The van der Waals surface area contributed by atoms with Crippen LogP contribution in [0, 0.1) is 0 Å². The molecule has 0 spiro atoms. The van der Waals surface area contributed by atoms with Gasteiger partial charge in [-0.15, -0.1) is 0 Å². The van der Waals surface area contributed by atoms with E-state index in [1.54, 1.807) is 0 Å². The molecule has 13 nitrogen and oxygen atoms in total. The predicted octanol–water partition coefficient (Wildman–Crippen LogP) is 10.1. The molecule has 0 aromatic carbocycles. The quantitative estimate of drug-likeness (QED) is 0.0192. The van der Waals surface area contributed by atoms with Crippen LogP contribution < -0.4 is 0 Å². The van der Waals surface area contributed by atoms with Crippen molar-refractivity contribution in [2.45, 2.75) is 275 Å². The van der Waals surface area contributed by atoms with E-state index in [1.807, 2.05) is 0 Å². The highest BCUT2D eigenvalue weighted by Gasteiger charge is 2.51. The van der Waals surface area contributed by atoms with Crippen LogP contribution in [0.2, 0.25) is 0 Å². The molecule has 14 heteroatoms. The monoisotopic (exact) mass is 895 g/mol. The molecule has 61 heavy (non-hydrogen) atoms. The molecule has 0 aliphatic heterocycles. The Bertz CT molecular complexity index is 1080.